The van der Waals surface area contributed by atoms with Crippen LogP contribution in [0.4, 0.5) is 0 Å². The molecule has 1 N–H and O–H groups in total. The first-order chi connectivity index (χ1) is 18.3. The zero-order valence-corrected chi connectivity index (χ0v) is 21.5. The van der Waals surface area contributed by atoms with Crippen LogP contribution in [-0.2, 0) is 20.9 Å². The molecule has 0 radical (unpaired) electrons. The molecule has 1 aliphatic rings. The molecule has 2 aromatic carbocycles. The van der Waals surface area contributed by atoms with E-state index in [1.54, 1.807) is 80.8 Å². The molecule has 1 amide bonds. The third-order valence-corrected chi connectivity index (χ3v) is 6.09. The lowest BCUT2D eigenvalue weighted by molar-refractivity contribution is -0.140. The minimum atomic E-state index is -0.927. The first-order valence-electron chi connectivity index (χ1n) is 12.0. The molecule has 0 saturated carbocycles. The summed E-state index contributed by atoms with van der Waals surface area (Å²) in [7, 11) is 2.87. The number of benzene rings is 2. The van der Waals surface area contributed by atoms with Crippen molar-refractivity contribution < 1.29 is 33.7 Å². The van der Waals surface area contributed by atoms with Crippen LogP contribution < -0.4 is 9.47 Å². The zero-order valence-electron chi connectivity index (χ0n) is 21.5. The Kier molecular flexibility index (Phi) is 7.76. The fourth-order valence-corrected chi connectivity index (χ4v) is 4.37. The topological polar surface area (TPSA) is 115 Å². The number of hydrogen-bond acceptors (Lipinski definition) is 8. The summed E-state index contributed by atoms with van der Waals surface area (Å²) in [4.78, 5) is 44.4. The number of esters is 1. The molecule has 3 aromatic rings. The summed E-state index contributed by atoms with van der Waals surface area (Å²) in [5, 5.41) is 11.5. The molecule has 0 aliphatic carbocycles. The van der Waals surface area contributed by atoms with Crippen molar-refractivity contribution in [1.82, 2.24) is 9.88 Å². The second-order valence-corrected chi connectivity index (χ2v) is 8.90. The molecule has 1 fully saturated rings. The molecule has 2 heterocycles. The summed E-state index contributed by atoms with van der Waals surface area (Å²) in [6, 6.07) is 14.0. The second kappa shape index (κ2) is 11.2. The van der Waals surface area contributed by atoms with Crippen molar-refractivity contribution in [3.05, 3.63) is 94.8 Å². The molecule has 0 spiro atoms. The van der Waals surface area contributed by atoms with Gasteiger partial charge >= 0.3 is 5.97 Å². The number of likely N-dealkylation sites (tertiary alicyclic amines) is 1. The van der Waals surface area contributed by atoms with Crippen LogP contribution in [0, 0.1) is 0 Å². The van der Waals surface area contributed by atoms with Gasteiger partial charge in [0.05, 0.1) is 37.5 Å². The maximum atomic E-state index is 13.4. The number of ketones is 1. The molecule has 9 heteroatoms. The van der Waals surface area contributed by atoms with Crippen LogP contribution in [0.5, 0.6) is 11.5 Å². The number of ether oxygens (including phenoxy) is 3. The predicted octanol–water partition coefficient (Wildman–Crippen LogP) is 4.29. The van der Waals surface area contributed by atoms with Crippen molar-refractivity contribution in [3.63, 3.8) is 0 Å². The maximum absolute atomic E-state index is 13.4. The van der Waals surface area contributed by atoms with Gasteiger partial charge in [0.1, 0.15) is 22.8 Å². The summed E-state index contributed by atoms with van der Waals surface area (Å²) >= 11 is 0. The molecule has 38 heavy (non-hydrogen) atoms. The average Bonchev–Trinajstić information content (AvgIpc) is 3.17. The highest BCUT2D eigenvalue weighted by molar-refractivity contribution is 6.46. The molecule has 1 saturated heterocycles. The summed E-state index contributed by atoms with van der Waals surface area (Å²) in [6.07, 6.45) is 2.87. The number of aromatic nitrogens is 1. The van der Waals surface area contributed by atoms with E-state index in [4.69, 9.17) is 14.2 Å². The Morgan fingerprint density at radius 1 is 1.00 bits per heavy atom. The van der Waals surface area contributed by atoms with Crippen LogP contribution in [0.3, 0.4) is 0 Å². The lowest BCUT2D eigenvalue weighted by atomic mass is 9.95. The first kappa shape index (κ1) is 26.4. The first-order valence-corrected chi connectivity index (χ1v) is 12.0. The van der Waals surface area contributed by atoms with E-state index in [2.05, 4.69) is 4.98 Å². The van der Waals surface area contributed by atoms with Gasteiger partial charge in [-0.3, -0.25) is 14.6 Å². The van der Waals surface area contributed by atoms with Gasteiger partial charge in [0, 0.05) is 18.9 Å². The molecule has 1 unspecified atom stereocenters. The Hall–Kier alpha value is -4.66. The van der Waals surface area contributed by atoms with E-state index in [0.29, 0.717) is 16.7 Å². The van der Waals surface area contributed by atoms with Gasteiger partial charge in [0.2, 0.25) is 0 Å². The molecule has 0 bridgehead atoms. The van der Waals surface area contributed by atoms with Crippen LogP contribution in [0.25, 0.3) is 5.76 Å². The van der Waals surface area contributed by atoms with Gasteiger partial charge in [0.15, 0.2) is 0 Å². The van der Waals surface area contributed by atoms with Crippen molar-refractivity contribution in [1.29, 1.82) is 0 Å². The predicted molar refractivity (Wildman–Crippen MR) is 139 cm³/mol. The normalized spacial score (nSPS) is 16.6. The molecule has 1 aromatic heterocycles. The van der Waals surface area contributed by atoms with Gasteiger partial charge in [0.25, 0.3) is 11.7 Å². The number of carbonyl (C=O) groups is 3. The average molecular weight is 517 g/mol. The quantitative estimate of drug-likeness (QED) is 0.204. The number of nitrogens with zero attached hydrogens (tertiary/aromatic N) is 2. The molecular weight excluding hydrogens is 488 g/mol. The third-order valence-electron chi connectivity index (χ3n) is 6.09. The highest BCUT2D eigenvalue weighted by Gasteiger charge is 2.46. The molecular formula is C29H28N2O7. The number of pyridine rings is 1. The number of Topliss-reactive ketones (excluding diaryl/α,β-unsaturated/α-hetero) is 1. The molecule has 1 atom stereocenters. The van der Waals surface area contributed by atoms with E-state index < -0.39 is 29.5 Å². The molecule has 196 valence electrons. The Balaban J connectivity index is 1.79. The van der Waals surface area contributed by atoms with E-state index in [0.717, 1.165) is 0 Å². The molecule has 1 aliphatic heterocycles. The van der Waals surface area contributed by atoms with E-state index in [-0.39, 0.29) is 35.3 Å². The second-order valence-electron chi connectivity index (χ2n) is 8.90. The Morgan fingerprint density at radius 2 is 1.66 bits per heavy atom. The smallest absolute Gasteiger partial charge is 0.338 e. The number of hydrogen-bond donors (Lipinski definition) is 1. The maximum Gasteiger partial charge on any atom is 0.338 e. The third kappa shape index (κ3) is 5.08. The number of aliphatic hydroxyl groups is 1. The minimum Gasteiger partial charge on any atom is -0.506 e. The van der Waals surface area contributed by atoms with Crippen molar-refractivity contribution in [3.8, 4) is 11.5 Å². The Morgan fingerprint density at radius 3 is 2.21 bits per heavy atom. The number of amides is 1. The standard InChI is InChI=1S/C29H28N2O7/c1-17(2)38-29(35)19-12-10-18(11-13-19)16-31-25(20-7-6-14-30-15-20)24(27(33)28(31)34)26(32)23-21(36-3)8-5-9-22(23)37-4/h5-15,17,25,32H,16H2,1-4H3/b26-24+. The summed E-state index contributed by atoms with van der Waals surface area (Å²) in [5.74, 6) is -1.93. The number of aliphatic hydroxyl groups excluding tert-OH is 1. The van der Waals surface area contributed by atoms with Gasteiger partial charge in [-0.15, -0.1) is 0 Å². The van der Waals surface area contributed by atoms with Gasteiger partial charge in [-0.2, -0.15) is 0 Å². The number of carbonyl (C=O) groups excluding carboxylic acids is 3. The Labute approximate surface area is 220 Å². The fraction of sp³-hybridized carbons (Fsp3) is 0.241. The van der Waals surface area contributed by atoms with Crippen molar-refractivity contribution in [2.45, 2.75) is 32.5 Å². The van der Waals surface area contributed by atoms with E-state index in [1.807, 2.05) is 0 Å². The number of rotatable bonds is 8. The van der Waals surface area contributed by atoms with Crippen molar-refractivity contribution in [2.24, 2.45) is 0 Å². The monoisotopic (exact) mass is 516 g/mol. The van der Waals surface area contributed by atoms with Crippen LogP contribution >= 0.6 is 0 Å². The summed E-state index contributed by atoms with van der Waals surface area (Å²) in [5.41, 5.74) is 1.65. The SMILES string of the molecule is COc1cccc(OC)c1/C(O)=C1\C(=O)C(=O)N(Cc2ccc(C(=O)OC(C)C)cc2)C1c1cccnc1. The lowest BCUT2D eigenvalue weighted by Crippen LogP contribution is -2.29. The van der Waals surface area contributed by atoms with Crippen LogP contribution in [0.1, 0.15) is 46.9 Å². The van der Waals surface area contributed by atoms with Gasteiger partial charge in [-0.1, -0.05) is 24.3 Å². The van der Waals surface area contributed by atoms with Crippen molar-refractivity contribution >= 4 is 23.4 Å². The van der Waals surface area contributed by atoms with E-state index in [1.165, 1.54) is 19.1 Å². The molecule has 9 nitrogen and oxygen atoms in total. The van der Waals surface area contributed by atoms with E-state index in [9.17, 15) is 19.5 Å². The highest BCUT2D eigenvalue weighted by atomic mass is 16.5. The zero-order chi connectivity index (χ0) is 27.4. The Bertz CT molecular complexity index is 1360. The van der Waals surface area contributed by atoms with Gasteiger partial charge in [-0.25, -0.2) is 4.79 Å². The summed E-state index contributed by atoms with van der Waals surface area (Å²) < 4.78 is 16.1. The van der Waals surface area contributed by atoms with Gasteiger partial charge in [-0.05, 0) is 55.3 Å². The van der Waals surface area contributed by atoms with Crippen LogP contribution in [0.2, 0.25) is 0 Å². The van der Waals surface area contributed by atoms with E-state index >= 15 is 0 Å². The van der Waals surface area contributed by atoms with Crippen molar-refractivity contribution in [2.75, 3.05) is 14.2 Å². The fourth-order valence-electron chi connectivity index (χ4n) is 4.37. The number of methoxy groups -OCH3 is 2. The summed E-state index contributed by atoms with van der Waals surface area (Å²) in [6.45, 7) is 3.58. The van der Waals surface area contributed by atoms with Crippen LogP contribution in [-0.4, -0.2) is 53.0 Å². The lowest BCUT2D eigenvalue weighted by Gasteiger charge is -2.25. The van der Waals surface area contributed by atoms with Gasteiger partial charge < -0.3 is 24.2 Å². The molecule has 4 rings (SSSR count). The largest absolute Gasteiger partial charge is 0.506 e. The minimum absolute atomic E-state index is 0.0451. The van der Waals surface area contributed by atoms with Crippen LogP contribution in [0.15, 0.2) is 72.6 Å². The highest BCUT2D eigenvalue weighted by Crippen LogP contribution is 2.43.